The summed E-state index contributed by atoms with van der Waals surface area (Å²) in [5.41, 5.74) is 8.75. The van der Waals surface area contributed by atoms with Crippen LogP contribution in [0.3, 0.4) is 0 Å². The second kappa shape index (κ2) is 6.85. The molecule has 0 radical (unpaired) electrons. The van der Waals surface area contributed by atoms with E-state index in [2.05, 4.69) is 25.3 Å². The van der Waals surface area contributed by atoms with Crippen molar-refractivity contribution < 1.29 is 8.67 Å². The quantitative estimate of drug-likeness (QED) is 0.412. The standard InChI is InChI=1S/C19H16ClFN6.3H2/c1-10(11-3-2-4-13(22)5-11)26-19-16(21)9-25-18(27-19)15-8-24-17-14(15)6-12(20)7-23-17;;;/h2-10H,22H2,1H3,(H,23,24)(H,25,26,27);3*1H/t10-;;;/m0.../s1. The molecule has 6 nitrogen and oxygen atoms in total. The van der Waals surface area contributed by atoms with Crippen LogP contribution in [0.15, 0.2) is 48.9 Å². The summed E-state index contributed by atoms with van der Waals surface area (Å²) in [5, 5.41) is 4.35. The van der Waals surface area contributed by atoms with Crippen LogP contribution in [0.4, 0.5) is 15.9 Å². The van der Waals surface area contributed by atoms with Crippen LogP contribution in [0.2, 0.25) is 5.02 Å². The minimum Gasteiger partial charge on any atom is -0.399 e. The molecule has 3 aromatic heterocycles. The Morgan fingerprint density at radius 1 is 1.26 bits per heavy atom. The first-order valence-electron chi connectivity index (χ1n) is 8.29. The summed E-state index contributed by atoms with van der Waals surface area (Å²) in [7, 11) is 0. The largest absolute Gasteiger partial charge is 0.399 e. The number of aromatic amines is 1. The average Bonchev–Trinajstić information content (AvgIpc) is 3.06. The van der Waals surface area contributed by atoms with Crippen molar-refractivity contribution in [3.8, 4) is 11.4 Å². The molecule has 0 saturated carbocycles. The van der Waals surface area contributed by atoms with Crippen molar-refractivity contribution in [1.82, 2.24) is 19.9 Å². The topological polar surface area (TPSA) is 92.5 Å². The molecular weight excluding hydrogens is 367 g/mol. The monoisotopic (exact) mass is 388 g/mol. The normalized spacial score (nSPS) is 12.3. The molecule has 8 heteroatoms. The third-order valence-electron chi connectivity index (χ3n) is 4.25. The van der Waals surface area contributed by atoms with Crippen molar-refractivity contribution in [3.63, 3.8) is 0 Å². The summed E-state index contributed by atoms with van der Waals surface area (Å²) < 4.78 is 14.3. The maximum Gasteiger partial charge on any atom is 0.183 e. The lowest BCUT2D eigenvalue weighted by Crippen LogP contribution is -2.10. The number of halogens is 2. The number of pyridine rings is 1. The van der Waals surface area contributed by atoms with Gasteiger partial charge in [0.1, 0.15) is 5.65 Å². The number of H-pyrrole nitrogens is 1. The lowest BCUT2D eigenvalue weighted by Gasteiger charge is -2.16. The lowest BCUT2D eigenvalue weighted by atomic mass is 10.1. The molecule has 4 rings (SSSR count). The van der Waals surface area contributed by atoms with Gasteiger partial charge in [-0.2, -0.15) is 0 Å². The first-order valence-corrected chi connectivity index (χ1v) is 8.66. The Balaban J connectivity index is 0.00000150. The average molecular weight is 389 g/mol. The van der Waals surface area contributed by atoms with Crippen molar-refractivity contribution in [3.05, 3.63) is 65.3 Å². The zero-order valence-electron chi connectivity index (χ0n) is 14.4. The highest BCUT2D eigenvalue weighted by Crippen LogP contribution is 2.29. The van der Waals surface area contributed by atoms with Crippen LogP contribution in [0.25, 0.3) is 22.4 Å². The van der Waals surface area contributed by atoms with Gasteiger partial charge in [0.15, 0.2) is 17.5 Å². The number of hydrogen-bond donors (Lipinski definition) is 3. The summed E-state index contributed by atoms with van der Waals surface area (Å²) in [4.78, 5) is 15.7. The Morgan fingerprint density at radius 2 is 2.11 bits per heavy atom. The van der Waals surface area contributed by atoms with E-state index < -0.39 is 5.82 Å². The SMILES string of the molecule is C[C@H](Nc1nc(-c2c[nH]c3ncc(Cl)cc23)ncc1F)c1cccc(N)c1.[HH].[HH].[HH]. The van der Waals surface area contributed by atoms with E-state index in [1.807, 2.05) is 25.1 Å². The summed E-state index contributed by atoms with van der Waals surface area (Å²) in [6, 6.07) is 8.99. The van der Waals surface area contributed by atoms with E-state index in [4.69, 9.17) is 17.3 Å². The van der Waals surface area contributed by atoms with E-state index in [1.165, 1.54) is 0 Å². The molecule has 0 unspecified atom stereocenters. The highest BCUT2D eigenvalue weighted by Gasteiger charge is 2.15. The number of fused-ring (bicyclic) bond motifs is 1. The third-order valence-corrected chi connectivity index (χ3v) is 4.45. The molecule has 0 aliphatic heterocycles. The molecule has 3 heterocycles. The number of nitrogens with two attached hydrogens (primary N) is 1. The van der Waals surface area contributed by atoms with Gasteiger partial charge >= 0.3 is 0 Å². The van der Waals surface area contributed by atoms with Crippen molar-refractivity contribution in [2.45, 2.75) is 13.0 Å². The zero-order valence-corrected chi connectivity index (χ0v) is 15.1. The molecule has 0 saturated heterocycles. The Hall–Kier alpha value is -3.19. The fraction of sp³-hybridized carbons (Fsp3) is 0.105. The molecule has 0 aliphatic rings. The van der Waals surface area contributed by atoms with Gasteiger partial charge in [-0.15, -0.1) is 0 Å². The van der Waals surface area contributed by atoms with Gasteiger partial charge in [0, 0.05) is 33.3 Å². The van der Waals surface area contributed by atoms with Crippen LogP contribution < -0.4 is 11.1 Å². The molecule has 0 amide bonds. The maximum atomic E-state index is 14.3. The van der Waals surface area contributed by atoms with Gasteiger partial charge in [0.05, 0.1) is 17.3 Å². The van der Waals surface area contributed by atoms with Crippen LogP contribution >= 0.6 is 11.6 Å². The molecule has 27 heavy (non-hydrogen) atoms. The number of benzene rings is 1. The van der Waals surface area contributed by atoms with Gasteiger partial charge in [0.25, 0.3) is 0 Å². The summed E-state index contributed by atoms with van der Waals surface area (Å²) in [5.74, 6) is -0.0567. The van der Waals surface area contributed by atoms with Crippen LogP contribution in [-0.2, 0) is 0 Å². The second-order valence-electron chi connectivity index (χ2n) is 6.18. The molecule has 142 valence electrons. The number of anilines is 2. The first-order chi connectivity index (χ1) is 13.0. The molecule has 4 N–H and O–H groups in total. The Labute approximate surface area is 164 Å². The van der Waals surface area contributed by atoms with Crippen LogP contribution in [-0.4, -0.2) is 19.9 Å². The fourth-order valence-electron chi connectivity index (χ4n) is 2.88. The van der Waals surface area contributed by atoms with E-state index in [9.17, 15) is 4.39 Å². The van der Waals surface area contributed by atoms with E-state index >= 15 is 0 Å². The van der Waals surface area contributed by atoms with Gasteiger partial charge in [0.2, 0.25) is 0 Å². The van der Waals surface area contributed by atoms with Crippen molar-refractivity contribution in [2.75, 3.05) is 11.1 Å². The summed E-state index contributed by atoms with van der Waals surface area (Å²) in [6.07, 6.45) is 4.43. The number of nitrogens with one attached hydrogen (secondary N) is 2. The Kier molecular flexibility index (Phi) is 4.37. The lowest BCUT2D eigenvalue weighted by molar-refractivity contribution is 0.614. The van der Waals surface area contributed by atoms with Crippen LogP contribution in [0, 0.1) is 5.82 Å². The van der Waals surface area contributed by atoms with E-state index in [1.54, 1.807) is 24.5 Å². The Bertz CT molecular complexity index is 1140. The van der Waals surface area contributed by atoms with Gasteiger partial charge in [-0.25, -0.2) is 19.3 Å². The minimum absolute atomic E-state index is 0. The van der Waals surface area contributed by atoms with E-state index in [-0.39, 0.29) is 16.1 Å². The molecule has 4 aromatic rings. The highest BCUT2D eigenvalue weighted by molar-refractivity contribution is 6.31. The van der Waals surface area contributed by atoms with Crippen molar-refractivity contribution in [1.29, 1.82) is 0 Å². The number of nitrogens with zero attached hydrogens (tertiary/aromatic N) is 3. The van der Waals surface area contributed by atoms with Crippen molar-refractivity contribution in [2.24, 2.45) is 0 Å². The fourth-order valence-corrected chi connectivity index (χ4v) is 3.04. The van der Waals surface area contributed by atoms with E-state index in [0.29, 0.717) is 27.7 Å². The molecule has 0 spiro atoms. The molecule has 1 aromatic carbocycles. The minimum atomic E-state index is -0.537. The number of hydrogen-bond acceptors (Lipinski definition) is 5. The number of nitrogen functional groups attached to an aromatic ring is 1. The predicted octanol–water partition coefficient (Wildman–Crippen LogP) is 5.31. The van der Waals surface area contributed by atoms with Crippen molar-refractivity contribution >= 4 is 34.1 Å². The number of aromatic nitrogens is 4. The van der Waals surface area contributed by atoms with Gasteiger partial charge in [-0.1, -0.05) is 23.7 Å². The van der Waals surface area contributed by atoms with Gasteiger partial charge < -0.3 is 16.0 Å². The molecular formula is C19H22ClFN6. The predicted molar refractivity (Wildman–Crippen MR) is 111 cm³/mol. The van der Waals surface area contributed by atoms with Crippen LogP contribution in [0.5, 0.6) is 0 Å². The second-order valence-corrected chi connectivity index (χ2v) is 6.61. The van der Waals surface area contributed by atoms with Crippen LogP contribution in [0.1, 0.15) is 22.8 Å². The summed E-state index contributed by atoms with van der Waals surface area (Å²) >= 11 is 6.04. The first kappa shape index (κ1) is 17.2. The highest BCUT2D eigenvalue weighted by atomic mass is 35.5. The number of rotatable bonds is 4. The molecule has 1 atom stereocenters. The van der Waals surface area contributed by atoms with E-state index in [0.717, 1.165) is 17.1 Å². The van der Waals surface area contributed by atoms with Gasteiger partial charge in [-0.05, 0) is 30.7 Å². The molecule has 0 fully saturated rings. The third kappa shape index (κ3) is 3.41. The zero-order chi connectivity index (χ0) is 19.0. The van der Waals surface area contributed by atoms with Gasteiger partial charge in [-0.3, -0.25) is 0 Å². The molecule has 0 aliphatic carbocycles. The summed E-state index contributed by atoms with van der Waals surface area (Å²) in [6.45, 7) is 1.91. The maximum absolute atomic E-state index is 14.3. The smallest absolute Gasteiger partial charge is 0.183 e. The molecule has 0 bridgehead atoms. The Morgan fingerprint density at radius 3 is 2.93 bits per heavy atom.